The number of thioether (sulfide) groups is 2. The second-order valence-electron chi connectivity index (χ2n) is 7.42. The average Bonchev–Trinajstić information content (AvgIpc) is 3.37. The van der Waals surface area contributed by atoms with Gasteiger partial charge in [0.05, 0.1) is 9.81 Å². The van der Waals surface area contributed by atoms with Crippen molar-refractivity contribution in [3.05, 3.63) is 81.6 Å². The van der Waals surface area contributed by atoms with Crippen molar-refractivity contribution >= 4 is 57.8 Å². The molecule has 0 aromatic heterocycles. The Hall–Kier alpha value is -3.10. The van der Waals surface area contributed by atoms with E-state index in [1.807, 2.05) is 72.8 Å². The van der Waals surface area contributed by atoms with E-state index in [1.54, 1.807) is 0 Å². The highest BCUT2D eigenvalue weighted by atomic mass is 32.2. The molecule has 0 saturated carbocycles. The predicted octanol–water partition coefficient (Wildman–Crippen LogP) is 3.95. The van der Waals surface area contributed by atoms with Crippen LogP contribution in [0.25, 0.3) is 12.2 Å². The summed E-state index contributed by atoms with van der Waals surface area (Å²) in [5.74, 6) is -0.374. The first-order chi connectivity index (χ1) is 15.7. The van der Waals surface area contributed by atoms with Gasteiger partial charge in [-0.1, -0.05) is 60.7 Å². The second kappa shape index (κ2) is 9.18. The Morgan fingerprint density at radius 1 is 0.625 bits per heavy atom. The van der Waals surface area contributed by atoms with Crippen LogP contribution in [0.2, 0.25) is 0 Å². The van der Waals surface area contributed by atoms with Gasteiger partial charge in [0.2, 0.25) is 0 Å². The molecule has 6 nitrogen and oxygen atoms in total. The summed E-state index contributed by atoms with van der Waals surface area (Å²) >= 11 is 2.85. The number of aliphatic imine (C=N–C) groups is 2. The zero-order valence-corrected chi connectivity index (χ0v) is 18.8. The summed E-state index contributed by atoms with van der Waals surface area (Å²) in [5, 5.41) is 1.50. The molecular formula is C24H20N4O2S2. The normalized spacial score (nSPS) is 21.5. The van der Waals surface area contributed by atoms with E-state index in [0.29, 0.717) is 9.81 Å². The van der Waals surface area contributed by atoms with Gasteiger partial charge in [-0.25, -0.2) is 0 Å². The van der Waals surface area contributed by atoms with Gasteiger partial charge in [-0.2, -0.15) is 9.98 Å². The third-order valence-corrected chi connectivity index (χ3v) is 7.32. The van der Waals surface area contributed by atoms with Crippen molar-refractivity contribution in [2.75, 3.05) is 26.2 Å². The monoisotopic (exact) mass is 460 g/mol. The highest BCUT2D eigenvalue weighted by Crippen LogP contribution is 2.33. The number of hydrogen-bond acceptors (Lipinski definition) is 6. The van der Waals surface area contributed by atoms with Crippen LogP contribution in [0.1, 0.15) is 11.1 Å². The molecule has 3 heterocycles. The first-order valence-electron chi connectivity index (χ1n) is 10.3. The molecule has 0 aliphatic carbocycles. The smallest absolute Gasteiger partial charge is 0.286 e. The maximum absolute atomic E-state index is 12.3. The first-order valence-corrected chi connectivity index (χ1v) is 11.9. The van der Waals surface area contributed by atoms with Gasteiger partial charge in [-0.05, 0) is 46.8 Å². The van der Waals surface area contributed by atoms with Crippen LogP contribution in [-0.2, 0) is 9.59 Å². The fraction of sp³-hybridized carbons (Fsp3) is 0.167. The van der Waals surface area contributed by atoms with Crippen molar-refractivity contribution in [1.82, 2.24) is 9.80 Å². The number of carbonyl (C=O) groups excluding carboxylic acids is 2. The molecule has 8 heteroatoms. The van der Waals surface area contributed by atoms with Gasteiger partial charge in [0.15, 0.2) is 10.3 Å². The number of nitrogens with zero attached hydrogens (tertiary/aromatic N) is 4. The lowest BCUT2D eigenvalue weighted by Crippen LogP contribution is -2.49. The zero-order valence-electron chi connectivity index (χ0n) is 17.2. The van der Waals surface area contributed by atoms with Crippen LogP contribution in [0.15, 0.2) is 80.5 Å². The lowest BCUT2D eigenvalue weighted by molar-refractivity contribution is -0.114. The summed E-state index contributed by atoms with van der Waals surface area (Å²) in [5.41, 5.74) is 1.98. The fourth-order valence-corrected chi connectivity index (χ4v) is 5.49. The van der Waals surface area contributed by atoms with Crippen molar-refractivity contribution in [2.24, 2.45) is 9.98 Å². The third kappa shape index (κ3) is 4.56. The maximum Gasteiger partial charge on any atom is 0.286 e. The molecule has 2 amide bonds. The highest BCUT2D eigenvalue weighted by Gasteiger charge is 2.32. The van der Waals surface area contributed by atoms with Crippen molar-refractivity contribution in [3.63, 3.8) is 0 Å². The summed E-state index contributed by atoms with van der Waals surface area (Å²) in [6.07, 6.45) is 3.77. The van der Waals surface area contributed by atoms with E-state index in [1.165, 1.54) is 23.5 Å². The Morgan fingerprint density at radius 2 is 1.00 bits per heavy atom. The van der Waals surface area contributed by atoms with E-state index >= 15 is 0 Å². The Labute approximate surface area is 194 Å². The van der Waals surface area contributed by atoms with Crippen molar-refractivity contribution in [2.45, 2.75) is 0 Å². The minimum atomic E-state index is -0.187. The van der Waals surface area contributed by atoms with Crippen LogP contribution in [0, 0.1) is 0 Å². The summed E-state index contributed by atoms with van der Waals surface area (Å²) in [6, 6.07) is 19.6. The lowest BCUT2D eigenvalue weighted by atomic mass is 10.2. The van der Waals surface area contributed by atoms with Crippen LogP contribution in [0.4, 0.5) is 0 Å². The van der Waals surface area contributed by atoms with Gasteiger partial charge < -0.3 is 9.80 Å². The Balaban J connectivity index is 1.19. The fourth-order valence-electron chi connectivity index (χ4n) is 3.56. The van der Waals surface area contributed by atoms with Crippen molar-refractivity contribution in [1.29, 1.82) is 0 Å². The molecule has 0 N–H and O–H groups in total. The molecule has 0 atom stereocenters. The molecule has 32 heavy (non-hydrogen) atoms. The molecule has 2 aromatic carbocycles. The van der Waals surface area contributed by atoms with Gasteiger partial charge in [-0.3, -0.25) is 9.59 Å². The molecule has 2 aromatic rings. The van der Waals surface area contributed by atoms with Crippen LogP contribution < -0.4 is 0 Å². The molecule has 160 valence electrons. The lowest BCUT2D eigenvalue weighted by Gasteiger charge is -2.35. The summed E-state index contributed by atoms with van der Waals surface area (Å²) in [4.78, 5) is 38.8. The summed E-state index contributed by atoms with van der Waals surface area (Å²) < 4.78 is 0. The van der Waals surface area contributed by atoms with Crippen molar-refractivity contribution in [3.8, 4) is 0 Å². The maximum atomic E-state index is 12.3. The molecule has 1 saturated heterocycles. The van der Waals surface area contributed by atoms with Crippen LogP contribution >= 0.6 is 23.5 Å². The Bertz CT molecular complexity index is 1070. The first kappa shape index (κ1) is 20.8. The molecule has 5 rings (SSSR count). The van der Waals surface area contributed by atoms with E-state index in [9.17, 15) is 9.59 Å². The Morgan fingerprint density at radius 3 is 1.38 bits per heavy atom. The quantitative estimate of drug-likeness (QED) is 0.633. The number of amidine groups is 2. The zero-order chi connectivity index (χ0) is 21.9. The van der Waals surface area contributed by atoms with Gasteiger partial charge in [0.1, 0.15) is 0 Å². The van der Waals surface area contributed by atoms with Gasteiger partial charge in [0, 0.05) is 26.2 Å². The van der Waals surface area contributed by atoms with Gasteiger partial charge in [0.25, 0.3) is 11.8 Å². The third-order valence-electron chi connectivity index (χ3n) is 5.23. The highest BCUT2D eigenvalue weighted by molar-refractivity contribution is 8.18. The number of hydrogen-bond donors (Lipinski definition) is 0. The number of carbonyl (C=O) groups is 2. The number of benzene rings is 2. The standard InChI is InChI=1S/C24H20N4O2S2/c29-21-19(15-17-7-3-1-4-8-17)31-23(25-21)27-11-13-28(14-12-27)24-26-22(30)20(32-24)16-18-9-5-2-6-10-18/h1-10,15-16H,11-14H2/b19-15-,20-16+. The van der Waals surface area contributed by atoms with Crippen LogP contribution in [0.3, 0.4) is 0 Å². The molecular weight excluding hydrogens is 440 g/mol. The minimum Gasteiger partial charge on any atom is -0.347 e. The summed E-state index contributed by atoms with van der Waals surface area (Å²) in [6.45, 7) is 2.90. The Kier molecular flexibility index (Phi) is 5.96. The molecule has 0 spiro atoms. The van der Waals surface area contributed by atoms with E-state index < -0.39 is 0 Å². The number of piperazine rings is 1. The van der Waals surface area contributed by atoms with E-state index in [-0.39, 0.29) is 11.8 Å². The number of rotatable bonds is 2. The topological polar surface area (TPSA) is 65.3 Å². The molecule has 3 aliphatic heterocycles. The summed E-state index contributed by atoms with van der Waals surface area (Å²) in [7, 11) is 0. The molecule has 0 bridgehead atoms. The largest absolute Gasteiger partial charge is 0.347 e. The van der Waals surface area contributed by atoms with E-state index in [4.69, 9.17) is 0 Å². The predicted molar refractivity (Wildman–Crippen MR) is 132 cm³/mol. The van der Waals surface area contributed by atoms with Crippen LogP contribution in [0.5, 0.6) is 0 Å². The van der Waals surface area contributed by atoms with Crippen molar-refractivity contribution < 1.29 is 9.59 Å². The molecule has 0 unspecified atom stereocenters. The second-order valence-corrected chi connectivity index (χ2v) is 9.43. The van der Waals surface area contributed by atoms with Crippen LogP contribution in [-0.4, -0.2) is 58.1 Å². The SMILES string of the molecule is O=C1N=C(N2CCN(C3=NC(=O)/C(=C\c4ccccc4)S3)CC2)S/C1=C\c1ccccc1. The van der Waals surface area contributed by atoms with Gasteiger partial charge in [-0.15, -0.1) is 0 Å². The minimum absolute atomic E-state index is 0.187. The van der Waals surface area contributed by atoms with Gasteiger partial charge >= 0.3 is 0 Å². The average molecular weight is 461 g/mol. The van der Waals surface area contributed by atoms with E-state index in [0.717, 1.165) is 47.6 Å². The number of amides is 2. The van der Waals surface area contributed by atoms with E-state index in [2.05, 4.69) is 19.8 Å². The molecule has 0 radical (unpaired) electrons. The molecule has 1 fully saturated rings. The molecule has 3 aliphatic rings.